The molecular weight excluding hydrogens is 584 g/mol. The quantitative estimate of drug-likeness (QED) is 0.232. The average Bonchev–Trinajstić information content (AvgIpc) is 3.72. The second-order valence-corrected chi connectivity index (χ2v) is 17.3. The van der Waals surface area contributed by atoms with Crippen LogP contribution in [0, 0.1) is 41.4 Å². The van der Waals surface area contributed by atoms with Crippen molar-refractivity contribution in [3.8, 4) is 0 Å². The molecule has 9 bridgehead atoms. The number of cyclic esters (lactones) is 1. The minimum atomic E-state index is -0.665. The van der Waals surface area contributed by atoms with Crippen LogP contribution in [0.15, 0.2) is 0 Å². The summed E-state index contributed by atoms with van der Waals surface area (Å²) in [7, 11) is 1.70. The number of rotatable bonds is 2. The third-order valence-electron chi connectivity index (χ3n) is 14.0. The molecule has 6 saturated heterocycles. The predicted molar refractivity (Wildman–Crippen MR) is 175 cm³/mol. The van der Waals surface area contributed by atoms with Crippen molar-refractivity contribution >= 4 is 5.97 Å². The number of carbonyl (C=O) groups excluding carboxylic acids is 1. The third kappa shape index (κ3) is 5.81. The van der Waals surface area contributed by atoms with Crippen molar-refractivity contribution in [2.45, 2.75) is 180 Å². The van der Waals surface area contributed by atoms with E-state index in [0.717, 1.165) is 51.4 Å². The molecule has 17 unspecified atom stereocenters. The topological polar surface area (TPSA) is 81.7 Å². The van der Waals surface area contributed by atoms with E-state index in [1.807, 2.05) is 6.92 Å². The van der Waals surface area contributed by atoms with Crippen molar-refractivity contribution in [3.63, 3.8) is 0 Å². The first-order chi connectivity index (χ1) is 21.6. The summed E-state index contributed by atoms with van der Waals surface area (Å²) in [6.45, 7) is 22.3. The lowest BCUT2D eigenvalue weighted by Crippen LogP contribution is -2.56. The maximum Gasteiger partial charge on any atom is 0.311 e. The van der Waals surface area contributed by atoms with E-state index in [-0.39, 0.29) is 72.6 Å². The summed E-state index contributed by atoms with van der Waals surface area (Å²) in [6, 6.07) is 0. The summed E-state index contributed by atoms with van der Waals surface area (Å²) < 4.78 is 47.7. The number of hydrogen-bond acceptors (Lipinski definition) is 8. The second kappa shape index (κ2) is 12.5. The Morgan fingerprint density at radius 3 is 2.26 bits per heavy atom. The zero-order valence-corrected chi connectivity index (χ0v) is 30.6. The van der Waals surface area contributed by atoms with E-state index in [0.29, 0.717) is 17.8 Å². The van der Waals surface area contributed by atoms with Crippen molar-refractivity contribution in [2.75, 3.05) is 13.7 Å². The fraction of sp³-hybridized carbons (Fsp3) is 0.974. The zero-order valence-electron chi connectivity index (χ0n) is 30.6. The van der Waals surface area contributed by atoms with Crippen LogP contribution in [0.2, 0.25) is 0 Å². The highest BCUT2D eigenvalue weighted by atomic mass is 16.7. The van der Waals surface area contributed by atoms with Gasteiger partial charge >= 0.3 is 5.97 Å². The monoisotopic (exact) mass is 648 g/mol. The molecule has 6 heterocycles. The highest BCUT2D eigenvalue weighted by molar-refractivity contribution is 5.72. The maximum absolute atomic E-state index is 13.7. The van der Waals surface area contributed by atoms with E-state index >= 15 is 0 Å². The van der Waals surface area contributed by atoms with Crippen molar-refractivity contribution in [1.82, 2.24) is 0 Å². The van der Waals surface area contributed by atoms with Gasteiger partial charge in [-0.05, 0) is 88.9 Å². The van der Waals surface area contributed by atoms with E-state index in [1.165, 1.54) is 0 Å². The molecule has 0 radical (unpaired) electrons. The van der Waals surface area contributed by atoms with Gasteiger partial charge in [-0.15, -0.1) is 0 Å². The Hall–Kier alpha value is -0.770. The highest BCUT2D eigenvalue weighted by Crippen LogP contribution is 2.55. The Bertz CT molecular complexity index is 1120. The summed E-state index contributed by atoms with van der Waals surface area (Å²) >= 11 is 0. The summed E-state index contributed by atoms with van der Waals surface area (Å²) in [5.41, 5.74) is -1.39. The normalized spacial score (nSPS) is 56.4. The van der Waals surface area contributed by atoms with Gasteiger partial charge in [-0.1, -0.05) is 48.5 Å². The Balaban J connectivity index is 1.35. The van der Waals surface area contributed by atoms with Crippen LogP contribution in [-0.4, -0.2) is 78.9 Å². The molecule has 8 nitrogen and oxygen atoms in total. The molecule has 17 atom stereocenters. The van der Waals surface area contributed by atoms with Gasteiger partial charge in [-0.25, -0.2) is 0 Å². The number of esters is 1. The minimum absolute atomic E-state index is 0.000141. The number of methoxy groups -OCH3 is 1. The maximum atomic E-state index is 13.7. The molecule has 8 heteroatoms. The molecule has 0 aromatic heterocycles. The molecule has 0 saturated carbocycles. The van der Waals surface area contributed by atoms with Gasteiger partial charge in [0.2, 0.25) is 0 Å². The van der Waals surface area contributed by atoms with Gasteiger partial charge in [-0.3, -0.25) is 4.79 Å². The lowest BCUT2D eigenvalue weighted by Gasteiger charge is -2.50. The number of ether oxygens (including phenoxy) is 7. The van der Waals surface area contributed by atoms with Crippen LogP contribution in [0.5, 0.6) is 0 Å². The molecule has 6 rings (SSSR count). The van der Waals surface area contributed by atoms with Gasteiger partial charge in [0.25, 0.3) is 0 Å². The van der Waals surface area contributed by atoms with Crippen molar-refractivity contribution in [1.29, 1.82) is 0 Å². The second-order valence-electron chi connectivity index (χ2n) is 17.3. The molecule has 1 spiro atoms. The largest absolute Gasteiger partial charge is 0.462 e. The van der Waals surface area contributed by atoms with Crippen molar-refractivity contribution < 1.29 is 38.0 Å². The molecular formula is C38H64O8. The number of hydrogen-bond donors (Lipinski definition) is 0. The standard InChI is InChI=1S/C38H64O8/c1-12-37-14-13-29(43-37)35(9)15-16-38(46-35)19-23(4)25(6)32(45-38)26(7)31(40-11)27(8)34(39)41-20-36(10)24(5)17-21(2)30(44-36)28-18-22(3)33(37)42-28/h21-33H,12-20H2,1-11H3. The highest BCUT2D eigenvalue weighted by Gasteiger charge is 2.62. The van der Waals surface area contributed by atoms with Crippen LogP contribution in [0.1, 0.15) is 121 Å². The van der Waals surface area contributed by atoms with Crippen LogP contribution < -0.4 is 0 Å². The molecule has 264 valence electrons. The van der Waals surface area contributed by atoms with Gasteiger partial charge in [0.15, 0.2) is 5.79 Å². The molecule has 0 aromatic rings. The first kappa shape index (κ1) is 35.1. The van der Waals surface area contributed by atoms with Gasteiger partial charge in [0.1, 0.15) is 12.2 Å². The number of carbonyl (C=O) groups is 1. The predicted octanol–water partition coefficient (Wildman–Crippen LogP) is 7.10. The van der Waals surface area contributed by atoms with E-state index in [4.69, 9.17) is 33.2 Å². The van der Waals surface area contributed by atoms with Gasteiger partial charge in [-0.2, -0.15) is 0 Å². The van der Waals surface area contributed by atoms with Crippen molar-refractivity contribution in [3.05, 3.63) is 0 Å². The molecule has 6 fully saturated rings. The third-order valence-corrected chi connectivity index (χ3v) is 14.0. The summed E-state index contributed by atoms with van der Waals surface area (Å²) in [4.78, 5) is 13.7. The van der Waals surface area contributed by atoms with Crippen LogP contribution in [-0.2, 0) is 38.0 Å². The molecule has 0 N–H and O–H groups in total. The lowest BCUT2D eigenvalue weighted by molar-refractivity contribution is -0.330. The van der Waals surface area contributed by atoms with Gasteiger partial charge in [0, 0.05) is 25.9 Å². The van der Waals surface area contributed by atoms with Gasteiger partial charge in [0.05, 0.1) is 53.7 Å². The van der Waals surface area contributed by atoms with E-state index in [2.05, 4.69) is 62.3 Å². The first-order valence-electron chi connectivity index (χ1n) is 18.7. The molecule has 0 amide bonds. The Kier molecular flexibility index (Phi) is 9.55. The van der Waals surface area contributed by atoms with Gasteiger partial charge < -0.3 is 33.2 Å². The minimum Gasteiger partial charge on any atom is -0.462 e. The van der Waals surface area contributed by atoms with E-state index in [9.17, 15) is 4.79 Å². The van der Waals surface area contributed by atoms with E-state index < -0.39 is 22.9 Å². The summed E-state index contributed by atoms with van der Waals surface area (Å²) in [5.74, 6) is 0.178. The lowest BCUT2D eigenvalue weighted by atomic mass is 9.74. The smallest absolute Gasteiger partial charge is 0.311 e. The Labute approximate surface area is 278 Å². The van der Waals surface area contributed by atoms with E-state index in [1.54, 1.807) is 7.11 Å². The fourth-order valence-corrected chi connectivity index (χ4v) is 10.7. The average molecular weight is 649 g/mol. The SMILES string of the molecule is CCC12CCC(O1)C1(C)CCC3(CC(C)C(C)C(O3)C(C)C(OC)C(C)C(=O)OCC3(C)OC(C(C)CC3C)C3CC(C)C2O3)O1. The number of fused-ring (bicyclic) bond motifs is 11. The molecule has 6 aliphatic rings. The fourth-order valence-electron chi connectivity index (χ4n) is 10.7. The molecule has 6 aliphatic heterocycles. The van der Waals surface area contributed by atoms with Crippen LogP contribution in [0.25, 0.3) is 0 Å². The Morgan fingerprint density at radius 1 is 0.826 bits per heavy atom. The molecule has 46 heavy (non-hydrogen) atoms. The van der Waals surface area contributed by atoms with Crippen LogP contribution in [0.3, 0.4) is 0 Å². The van der Waals surface area contributed by atoms with Crippen LogP contribution >= 0.6 is 0 Å². The van der Waals surface area contributed by atoms with Crippen molar-refractivity contribution in [2.24, 2.45) is 41.4 Å². The summed E-state index contributed by atoms with van der Waals surface area (Å²) in [6.07, 6.45) is 6.75. The summed E-state index contributed by atoms with van der Waals surface area (Å²) in [5, 5.41) is 0. The Morgan fingerprint density at radius 2 is 1.57 bits per heavy atom. The molecule has 0 aliphatic carbocycles. The molecule has 0 aromatic carbocycles. The zero-order chi connectivity index (χ0) is 33.4. The van der Waals surface area contributed by atoms with Crippen LogP contribution in [0.4, 0.5) is 0 Å². The first-order valence-corrected chi connectivity index (χ1v) is 18.7.